The molecule has 96 valence electrons. The number of hydrogen-bond donors (Lipinski definition) is 1. The smallest absolute Gasteiger partial charge is 0.746 e. The monoisotopic (exact) mass is 275 g/mol. The van der Waals surface area contributed by atoms with Gasteiger partial charge in [0.15, 0.2) is 0 Å². The first-order valence-corrected chi connectivity index (χ1v) is 6.29. The zero-order valence-electron chi connectivity index (χ0n) is 11.2. The molecule has 0 saturated carbocycles. The van der Waals surface area contributed by atoms with E-state index in [2.05, 4.69) is 4.84 Å². The van der Waals surface area contributed by atoms with Crippen LogP contribution in [0.25, 0.3) is 0 Å². The minimum atomic E-state index is -4.59. The molecule has 6 nitrogen and oxygen atoms in total. The maximum atomic E-state index is 11.5. The molecule has 0 aliphatic rings. The molecule has 0 radical (unpaired) electrons. The molecule has 0 fully saturated rings. The summed E-state index contributed by atoms with van der Waals surface area (Å²) in [7, 11) is -4.59. The van der Waals surface area contributed by atoms with Crippen LogP contribution >= 0.6 is 0 Å². The quantitative estimate of drug-likeness (QED) is 0.346. The molecule has 0 heterocycles. The molecule has 8 heteroatoms. The molecular weight excluding hydrogens is 257 g/mol. The van der Waals surface area contributed by atoms with E-state index >= 15 is 0 Å². The molecule has 0 aliphatic heterocycles. The Morgan fingerprint density at radius 1 is 1.29 bits per heavy atom. The van der Waals surface area contributed by atoms with Crippen LogP contribution in [-0.4, -0.2) is 23.8 Å². The molecule has 0 unspecified atom stereocenters. The van der Waals surface area contributed by atoms with Crippen molar-refractivity contribution in [3.8, 4) is 0 Å². The SMILES string of the molecule is CCC(C)(C)C(=O)ONC(C)(C)S(=O)(=O)[O-].[Na+]. The van der Waals surface area contributed by atoms with Crippen molar-refractivity contribution in [3.05, 3.63) is 0 Å². The van der Waals surface area contributed by atoms with Gasteiger partial charge in [-0.1, -0.05) is 6.92 Å². The van der Waals surface area contributed by atoms with Crippen LogP contribution in [0.5, 0.6) is 0 Å². The van der Waals surface area contributed by atoms with Crippen molar-refractivity contribution in [3.63, 3.8) is 0 Å². The van der Waals surface area contributed by atoms with E-state index in [-0.39, 0.29) is 29.6 Å². The van der Waals surface area contributed by atoms with E-state index in [1.807, 2.05) is 5.48 Å². The average Bonchev–Trinajstić information content (AvgIpc) is 2.12. The molecule has 0 aromatic rings. The third-order valence-electron chi connectivity index (χ3n) is 2.45. The van der Waals surface area contributed by atoms with Crippen molar-refractivity contribution >= 4 is 16.1 Å². The summed E-state index contributed by atoms with van der Waals surface area (Å²) < 4.78 is 32.3. The molecular formula is C9H18NNaO5S. The minimum absolute atomic E-state index is 0. The summed E-state index contributed by atoms with van der Waals surface area (Å²) in [6.45, 7) is 7.38. The van der Waals surface area contributed by atoms with E-state index in [4.69, 9.17) is 0 Å². The van der Waals surface area contributed by atoms with Crippen molar-refractivity contribution in [1.82, 2.24) is 5.48 Å². The van der Waals surface area contributed by atoms with Crippen molar-refractivity contribution in [2.75, 3.05) is 0 Å². The van der Waals surface area contributed by atoms with Gasteiger partial charge in [0, 0.05) is 0 Å². The van der Waals surface area contributed by atoms with Gasteiger partial charge in [-0.15, -0.1) is 5.48 Å². The Balaban J connectivity index is 0. The third kappa shape index (κ3) is 5.67. The Bertz CT molecular complexity index is 364. The minimum Gasteiger partial charge on any atom is -0.746 e. The zero-order valence-corrected chi connectivity index (χ0v) is 14.0. The number of hydrogen-bond acceptors (Lipinski definition) is 6. The second kappa shape index (κ2) is 6.49. The van der Waals surface area contributed by atoms with Crippen LogP contribution < -0.4 is 35.0 Å². The summed E-state index contributed by atoms with van der Waals surface area (Å²) >= 11 is 0. The van der Waals surface area contributed by atoms with Gasteiger partial charge < -0.3 is 9.39 Å². The van der Waals surface area contributed by atoms with Gasteiger partial charge in [-0.25, -0.2) is 13.2 Å². The van der Waals surface area contributed by atoms with E-state index < -0.39 is 26.4 Å². The number of rotatable bonds is 5. The number of carbonyl (C=O) groups is 1. The van der Waals surface area contributed by atoms with Crippen molar-refractivity contribution in [2.24, 2.45) is 5.41 Å². The maximum Gasteiger partial charge on any atom is 1.00 e. The molecule has 0 spiro atoms. The largest absolute Gasteiger partial charge is 1.00 e. The summed E-state index contributed by atoms with van der Waals surface area (Å²) in [5, 5.41) is 0. The van der Waals surface area contributed by atoms with Crippen LogP contribution in [0.4, 0.5) is 0 Å². The van der Waals surface area contributed by atoms with Crippen molar-refractivity contribution < 1.29 is 52.2 Å². The topological polar surface area (TPSA) is 95.5 Å². The van der Waals surface area contributed by atoms with Gasteiger partial charge in [-0.2, -0.15) is 0 Å². The van der Waals surface area contributed by atoms with Gasteiger partial charge in [0.1, 0.15) is 15.0 Å². The Morgan fingerprint density at radius 3 is 2.00 bits per heavy atom. The second-order valence-electron chi connectivity index (χ2n) is 4.69. The van der Waals surface area contributed by atoms with Gasteiger partial charge in [-0.05, 0) is 34.1 Å². The molecule has 0 atom stereocenters. The molecule has 0 aromatic heterocycles. The first-order chi connectivity index (χ1) is 6.94. The Hall–Kier alpha value is 0.340. The predicted octanol–water partition coefficient (Wildman–Crippen LogP) is -2.24. The standard InChI is InChI=1S/C9H19NO5S.Na/c1-6-8(2,3)7(11)15-10-9(4,5)16(12,13)14;/h10H,6H2,1-5H3,(H,12,13,14);/q;+1/p-1. The van der Waals surface area contributed by atoms with E-state index in [1.54, 1.807) is 20.8 Å². The molecule has 0 aliphatic carbocycles. The second-order valence-corrected chi connectivity index (χ2v) is 6.62. The average molecular weight is 275 g/mol. The third-order valence-corrected chi connectivity index (χ3v) is 3.78. The summed E-state index contributed by atoms with van der Waals surface area (Å²) in [5.41, 5.74) is 1.26. The van der Waals surface area contributed by atoms with Gasteiger partial charge in [0.2, 0.25) is 0 Å². The fraction of sp³-hybridized carbons (Fsp3) is 0.889. The van der Waals surface area contributed by atoms with Crippen LogP contribution in [0, 0.1) is 5.41 Å². The van der Waals surface area contributed by atoms with Crippen LogP contribution in [-0.2, 0) is 19.8 Å². The van der Waals surface area contributed by atoms with Gasteiger partial charge >= 0.3 is 35.5 Å². The molecule has 0 bridgehead atoms. The normalized spacial score (nSPS) is 12.8. The fourth-order valence-electron chi connectivity index (χ4n) is 0.503. The predicted molar refractivity (Wildman–Crippen MR) is 57.1 cm³/mol. The Kier molecular flexibility index (Phi) is 7.51. The van der Waals surface area contributed by atoms with E-state index in [1.165, 1.54) is 0 Å². The maximum absolute atomic E-state index is 11.5. The molecule has 0 saturated heterocycles. The van der Waals surface area contributed by atoms with Gasteiger partial charge in [-0.3, -0.25) is 0 Å². The number of hydroxylamine groups is 1. The van der Waals surface area contributed by atoms with Crippen LogP contribution in [0.2, 0.25) is 0 Å². The van der Waals surface area contributed by atoms with E-state index in [0.717, 1.165) is 13.8 Å². The Labute approximate surface area is 124 Å². The summed E-state index contributed by atoms with van der Waals surface area (Å²) in [6.07, 6.45) is 0.540. The molecule has 0 aromatic carbocycles. The van der Waals surface area contributed by atoms with E-state index in [0.29, 0.717) is 6.42 Å². The summed E-state index contributed by atoms with van der Waals surface area (Å²) in [6, 6.07) is 0. The van der Waals surface area contributed by atoms with Gasteiger partial charge in [0.05, 0.1) is 5.41 Å². The first kappa shape index (κ1) is 19.7. The molecule has 0 rings (SSSR count). The number of carbonyl (C=O) groups excluding carboxylic acids is 1. The van der Waals surface area contributed by atoms with Crippen molar-refractivity contribution in [2.45, 2.75) is 45.9 Å². The van der Waals surface area contributed by atoms with Gasteiger partial charge in [0.25, 0.3) is 0 Å². The molecule has 0 amide bonds. The molecule has 17 heavy (non-hydrogen) atoms. The van der Waals surface area contributed by atoms with Crippen LogP contribution in [0.1, 0.15) is 41.0 Å². The van der Waals surface area contributed by atoms with Crippen LogP contribution in [0.3, 0.4) is 0 Å². The van der Waals surface area contributed by atoms with Crippen molar-refractivity contribution in [1.29, 1.82) is 0 Å². The summed E-state index contributed by atoms with van der Waals surface area (Å²) in [5.74, 6) is -0.605. The number of nitrogens with one attached hydrogen (secondary N) is 1. The Morgan fingerprint density at radius 2 is 1.71 bits per heavy atom. The molecule has 1 N–H and O–H groups in total. The summed E-state index contributed by atoms with van der Waals surface area (Å²) in [4.78, 5) is 14.3. The fourth-order valence-corrected chi connectivity index (χ4v) is 0.646. The zero-order chi connectivity index (χ0) is 13.2. The first-order valence-electron chi connectivity index (χ1n) is 4.88. The van der Waals surface area contributed by atoms with Crippen LogP contribution in [0.15, 0.2) is 0 Å². The van der Waals surface area contributed by atoms with E-state index in [9.17, 15) is 17.8 Å².